The summed E-state index contributed by atoms with van der Waals surface area (Å²) in [6, 6.07) is 8.95. The van der Waals surface area contributed by atoms with E-state index in [1.165, 1.54) is 22.3 Å². The Morgan fingerprint density at radius 3 is 2.22 bits per heavy atom. The van der Waals surface area contributed by atoms with E-state index in [1.54, 1.807) is 0 Å². The zero-order chi connectivity index (χ0) is 13.2. The molecular formula is C18H22. The van der Waals surface area contributed by atoms with Crippen molar-refractivity contribution in [1.82, 2.24) is 0 Å². The lowest BCUT2D eigenvalue weighted by Gasteiger charge is -2.18. The third kappa shape index (κ3) is 3.46. The second-order valence-electron chi connectivity index (χ2n) is 6.29. The topological polar surface area (TPSA) is 0 Å². The molecule has 0 saturated heterocycles. The van der Waals surface area contributed by atoms with Crippen molar-refractivity contribution < 1.29 is 0 Å². The summed E-state index contributed by atoms with van der Waals surface area (Å²) in [6.07, 6.45) is 8.61. The first-order valence-corrected chi connectivity index (χ1v) is 6.59. The van der Waals surface area contributed by atoms with Crippen LogP contribution < -0.4 is 0 Å². The van der Waals surface area contributed by atoms with Crippen LogP contribution in [-0.2, 0) is 6.42 Å². The average molecular weight is 238 g/mol. The zero-order valence-electron chi connectivity index (χ0n) is 11.7. The summed E-state index contributed by atoms with van der Waals surface area (Å²) in [5.41, 5.74) is 5.56. The molecule has 0 aromatic heterocycles. The molecule has 0 radical (unpaired) electrons. The van der Waals surface area contributed by atoms with Gasteiger partial charge in [0.25, 0.3) is 0 Å². The molecule has 94 valence electrons. The molecule has 1 aliphatic rings. The van der Waals surface area contributed by atoms with Gasteiger partial charge in [-0.05, 0) is 35.0 Å². The quantitative estimate of drug-likeness (QED) is 0.666. The Bertz CT molecular complexity index is 490. The maximum atomic E-state index is 3.97. The first-order chi connectivity index (χ1) is 8.44. The monoisotopic (exact) mass is 238 g/mol. The van der Waals surface area contributed by atoms with E-state index >= 15 is 0 Å². The average Bonchev–Trinajstić information content (AvgIpc) is 2.29. The molecule has 0 aliphatic heterocycles. The number of allylic oxidation sites excluding steroid dienone is 5. The summed E-state index contributed by atoms with van der Waals surface area (Å²) in [7, 11) is 0. The number of hydrogen-bond acceptors (Lipinski definition) is 0. The molecule has 0 fully saturated rings. The standard InChI is InChI=1S/C18H22/c1-14-5-9-16(10-6-14)17-11-7-15(8-12-17)13-18(2,3)4/h5,7-12H,1,6,13H2,2-4H3. The van der Waals surface area contributed by atoms with E-state index in [0.29, 0.717) is 5.41 Å². The van der Waals surface area contributed by atoms with Crippen LogP contribution in [0.5, 0.6) is 0 Å². The van der Waals surface area contributed by atoms with Gasteiger partial charge in [-0.15, -0.1) is 0 Å². The molecule has 0 atom stereocenters. The molecule has 0 nitrogen and oxygen atoms in total. The molecule has 1 aliphatic carbocycles. The number of hydrogen-bond donors (Lipinski definition) is 0. The highest BCUT2D eigenvalue weighted by molar-refractivity contribution is 5.76. The van der Waals surface area contributed by atoms with Crippen molar-refractivity contribution in [1.29, 1.82) is 0 Å². The lowest BCUT2D eigenvalue weighted by molar-refractivity contribution is 0.411. The van der Waals surface area contributed by atoms with E-state index in [2.05, 4.69) is 69.8 Å². The van der Waals surface area contributed by atoms with Crippen LogP contribution in [0.2, 0.25) is 0 Å². The van der Waals surface area contributed by atoms with Gasteiger partial charge >= 0.3 is 0 Å². The van der Waals surface area contributed by atoms with Gasteiger partial charge in [0.2, 0.25) is 0 Å². The van der Waals surface area contributed by atoms with Crippen molar-refractivity contribution in [3.05, 3.63) is 65.8 Å². The molecule has 1 aromatic carbocycles. The minimum Gasteiger partial charge on any atom is -0.0955 e. The Balaban J connectivity index is 2.13. The van der Waals surface area contributed by atoms with Crippen LogP contribution in [0.25, 0.3) is 5.57 Å². The second kappa shape index (κ2) is 4.97. The normalized spacial score (nSPS) is 15.7. The Morgan fingerprint density at radius 2 is 1.72 bits per heavy atom. The molecule has 0 heteroatoms. The van der Waals surface area contributed by atoms with Crippen molar-refractivity contribution in [3.63, 3.8) is 0 Å². The largest absolute Gasteiger partial charge is 0.0955 e. The van der Waals surface area contributed by atoms with Crippen LogP contribution in [0.15, 0.2) is 54.6 Å². The Labute approximate surface area is 111 Å². The number of rotatable bonds is 2. The Hall–Kier alpha value is -1.56. The summed E-state index contributed by atoms with van der Waals surface area (Å²) >= 11 is 0. The highest BCUT2D eigenvalue weighted by Gasteiger charge is 2.11. The van der Waals surface area contributed by atoms with Gasteiger partial charge in [-0.1, -0.05) is 75.4 Å². The molecule has 2 rings (SSSR count). The maximum absolute atomic E-state index is 3.97. The highest BCUT2D eigenvalue weighted by Crippen LogP contribution is 2.25. The smallest absolute Gasteiger partial charge is 0.00941 e. The van der Waals surface area contributed by atoms with E-state index in [1.807, 2.05) is 0 Å². The fourth-order valence-corrected chi connectivity index (χ4v) is 2.23. The van der Waals surface area contributed by atoms with Gasteiger partial charge in [-0.25, -0.2) is 0 Å². The van der Waals surface area contributed by atoms with Gasteiger partial charge in [0.15, 0.2) is 0 Å². The summed E-state index contributed by atoms with van der Waals surface area (Å²) in [5.74, 6) is 0. The van der Waals surface area contributed by atoms with E-state index < -0.39 is 0 Å². The van der Waals surface area contributed by atoms with Crippen LogP contribution >= 0.6 is 0 Å². The van der Waals surface area contributed by atoms with Crippen LogP contribution in [-0.4, -0.2) is 0 Å². The molecule has 1 aromatic rings. The molecule has 0 bridgehead atoms. The van der Waals surface area contributed by atoms with Gasteiger partial charge < -0.3 is 0 Å². The highest BCUT2D eigenvalue weighted by atomic mass is 14.2. The second-order valence-corrected chi connectivity index (χ2v) is 6.29. The van der Waals surface area contributed by atoms with E-state index in [0.717, 1.165) is 12.8 Å². The molecule has 0 unspecified atom stereocenters. The van der Waals surface area contributed by atoms with Gasteiger partial charge in [-0.3, -0.25) is 0 Å². The molecule has 18 heavy (non-hydrogen) atoms. The van der Waals surface area contributed by atoms with Gasteiger partial charge in [0.1, 0.15) is 0 Å². The lowest BCUT2D eigenvalue weighted by Crippen LogP contribution is -2.08. The van der Waals surface area contributed by atoms with Crippen molar-refractivity contribution in [3.8, 4) is 0 Å². The van der Waals surface area contributed by atoms with Crippen LogP contribution in [0.1, 0.15) is 38.3 Å². The Morgan fingerprint density at radius 1 is 1.06 bits per heavy atom. The van der Waals surface area contributed by atoms with Crippen LogP contribution in [0.4, 0.5) is 0 Å². The number of benzene rings is 1. The summed E-state index contributed by atoms with van der Waals surface area (Å²) in [6.45, 7) is 10.8. The summed E-state index contributed by atoms with van der Waals surface area (Å²) in [4.78, 5) is 0. The molecule has 0 N–H and O–H groups in total. The lowest BCUT2D eigenvalue weighted by atomic mass is 9.87. The first-order valence-electron chi connectivity index (χ1n) is 6.59. The molecule has 0 heterocycles. The predicted octanol–water partition coefficient (Wildman–Crippen LogP) is 5.17. The summed E-state index contributed by atoms with van der Waals surface area (Å²) in [5, 5.41) is 0. The van der Waals surface area contributed by atoms with Gasteiger partial charge in [0, 0.05) is 0 Å². The third-order valence-electron chi connectivity index (χ3n) is 3.10. The van der Waals surface area contributed by atoms with Gasteiger partial charge in [0.05, 0.1) is 0 Å². The zero-order valence-corrected chi connectivity index (χ0v) is 11.7. The molecule has 0 amide bonds. The maximum Gasteiger partial charge on any atom is -0.00941 e. The molecule has 0 spiro atoms. The van der Waals surface area contributed by atoms with Crippen molar-refractivity contribution in [2.75, 3.05) is 0 Å². The fraction of sp³-hybridized carbons (Fsp3) is 0.333. The van der Waals surface area contributed by atoms with E-state index in [4.69, 9.17) is 0 Å². The minimum absolute atomic E-state index is 0.350. The van der Waals surface area contributed by atoms with Crippen LogP contribution in [0.3, 0.4) is 0 Å². The predicted molar refractivity (Wildman–Crippen MR) is 80.5 cm³/mol. The minimum atomic E-state index is 0.350. The summed E-state index contributed by atoms with van der Waals surface area (Å²) < 4.78 is 0. The van der Waals surface area contributed by atoms with Crippen molar-refractivity contribution in [2.45, 2.75) is 33.6 Å². The van der Waals surface area contributed by atoms with Crippen molar-refractivity contribution in [2.24, 2.45) is 5.41 Å². The van der Waals surface area contributed by atoms with E-state index in [9.17, 15) is 0 Å². The SMILES string of the molecule is C=C1C=CC(c2ccc(CC(C)(C)C)cc2)=CC1. The van der Waals surface area contributed by atoms with Crippen LogP contribution in [0, 0.1) is 5.41 Å². The Kier molecular flexibility index (Phi) is 3.56. The molecular weight excluding hydrogens is 216 g/mol. The first kappa shape index (κ1) is 12.9. The van der Waals surface area contributed by atoms with Gasteiger partial charge in [-0.2, -0.15) is 0 Å². The molecule has 0 saturated carbocycles. The fourth-order valence-electron chi connectivity index (χ4n) is 2.23. The van der Waals surface area contributed by atoms with E-state index in [-0.39, 0.29) is 0 Å². The third-order valence-corrected chi connectivity index (χ3v) is 3.10. The van der Waals surface area contributed by atoms with Crippen molar-refractivity contribution >= 4 is 5.57 Å².